The van der Waals surface area contributed by atoms with E-state index in [-0.39, 0.29) is 11.9 Å². The normalized spacial score (nSPS) is 26.8. The van der Waals surface area contributed by atoms with Gasteiger partial charge in [0.05, 0.1) is 12.2 Å². The first-order valence-corrected chi connectivity index (χ1v) is 6.38. The van der Waals surface area contributed by atoms with Gasteiger partial charge in [-0.05, 0) is 30.9 Å². The second-order valence-electron chi connectivity index (χ2n) is 5.07. The molecule has 2 aliphatic rings. The first-order chi connectivity index (χ1) is 8.65. The summed E-state index contributed by atoms with van der Waals surface area (Å²) in [5.74, 6) is 1.25. The Morgan fingerprint density at radius 2 is 1.89 bits per heavy atom. The van der Waals surface area contributed by atoms with Crippen LogP contribution in [-0.2, 0) is 11.2 Å². The van der Waals surface area contributed by atoms with Crippen molar-refractivity contribution in [1.29, 1.82) is 0 Å². The number of halogens is 1. The molecule has 0 spiro atoms. The molecule has 0 N–H and O–H groups in total. The number of epoxide rings is 1. The van der Waals surface area contributed by atoms with Crippen molar-refractivity contribution in [1.82, 2.24) is 0 Å². The number of hydrogen-bond acceptors (Lipinski definition) is 3. The lowest BCUT2D eigenvalue weighted by atomic mass is 9.96. The third-order valence-electron chi connectivity index (χ3n) is 3.57. The zero-order valence-corrected chi connectivity index (χ0v) is 10.6. The lowest BCUT2D eigenvalue weighted by Crippen LogP contribution is -2.17. The van der Waals surface area contributed by atoms with Gasteiger partial charge < -0.3 is 14.2 Å². The molecule has 0 bridgehead atoms. The topological polar surface area (TPSA) is 31.0 Å². The van der Waals surface area contributed by atoms with Crippen LogP contribution in [0.1, 0.15) is 19.4 Å². The lowest BCUT2D eigenvalue weighted by Gasteiger charge is -2.20. The average molecular weight is 252 g/mol. The molecule has 3 nitrogen and oxygen atoms in total. The van der Waals surface area contributed by atoms with Crippen molar-refractivity contribution in [3.8, 4) is 11.5 Å². The molecular formula is C14H17FO3. The van der Waals surface area contributed by atoms with Crippen molar-refractivity contribution in [2.24, 2.45) is 5.92 Å². The highest BCUT2D eigenvalue weighted by atomic mass is 19.1. The van der Waals surface area contributed by atoms with Gasteiger partial charge in [0.15, 0.2) is 11.5 Å². The Kier molecular flexibility index (Phi) is 2.90. The summed E-state index contributed by atoms with van der Waals surface area (Å²) in [7, 11) is 0. The SMILES string of the molecule is CC(Cc1cc2c(cc1F)OCCO2)C1OC1C. The minimum Gasteiger partial charge on any atom is -0.486 e. The van der Waals surface area contributed by atoms with Crippen LogP contribution in [0.15, 0.2) is 12.1 Å². The fourth-order valence-electron chi connectivity index (χ4n) is 2.52. The van der Waals surface area contributed by atoms with Crippen LogP contribution < -0.4 is 9.47 Å². The smallest absolute Gasteiger partial charge is 0.164 e. The maximum Gasteiger partial charge on any atom is 0.164 e. The Hall–Kier alpha value is -1.29. The summed E-state index contributed by atoms with van der Waals surface area (Å²) in [6.45, 7) is 5.14. The number of fused-ring (bicyclic) bond motifs is 1. The molecule has 3 atom stereocenters. The van der Waals surface area contributed by atoms with Crippen LogP contribution in [0.3, 0.4) is 0 Å². The van der Waals surface area contributed by atoms with Gasteiger partial charge in [-0.2, -0.15) is 0 Å². The Bertz CT molecular complexity index is 461. The minimum atomic E-state index is -0.223. The first-order valence-electron chi connectivity index (χ1n) is 6.38. The van der Waals surface area contributed by atoms with Crippen LogP contribution in [0, 0.1) is 11.7 Å². The van der Waals surface area contributed by atoms with Gasteiger partial charge in [-0.1, -0.05) is 6.92 Å². The fourth-order valence-corrected chi connectivity index (χ4v) is 2.52. The summed E-state index contributed by atoms with van der Waals surface area (Å²) in [6.07, 6.45) is 1.23. The molecular weight excluding hydrogens is 235 g/mol. The standard InChI is InChI=1S/C14H17FO3/c1-8(14-9(2)18-14)5-10-6-12-13(7-11(10)15)17-4-3-16-12/h6-9,14H,3-5H2,1-2H3. The Balaban J connectivity index is 1.79. The molecule has 0 amide bonds. The van der Waals surface area contributed by atoms with Gasteiger partial charge in [0, 0.05) is 6.07 Å². The monoisotopic (exact) mass is 252 g/mol. The fraction of sp³-hybridized carbons (Fsp3) is 0.571. The number of ether oxygens (including phenoxy) is 3. The second kappa shape index (κ2) is 4.43. The molecule has 0 aromatic heterocycles. The number of hydrogen-bond donors (Lipinski definition) is 0. The van der Waals surface area contributed by atoms with Gasteiger partial charge in [0.25, 0.3) is 0 Å². The van der Waals surface area contributed by atoms with E-state index in [0.29, 0.717) is 48.7 Å². The average Bonchev–Trinajstić information content (AvgIpc) is 3.07. The molecule has 1 aromatic rings. The highest BCUT2D eigenvalue weighted by Crippen LogP contribution is 2.36. The van der Waals surface area contributed by atoms with Crippen LogP contribution in [0.5, 0.6) is 11.5 Å². The molecule has 3 rings (SSSR count). The molecule has 2 aliphatic heterocycles. The third kappa shape index (κ3) is 2.17. The van der Waals surface area contributed by atoms with Crippen LogP contribution in [-0.4, -0.2) is 25.4 Å². The summed E-state index contributed by atoms with van der Waals surface area (Å²) in [5.41, 5.74) is 0.675. The molecule has 0 aliphatic carbocycles. The summed E-state index contributed by atoms with van der Waals surface area (Å²) in [4.78, 5) is 0. The van der Waals surface area contributed by atoms with Crippen LogP contribution in [0.2, 0.25) is 0 Å². The minimum absolute atomic E-state index is 0.223. The van der Waals surface area contributed by atoms with E-state index in [2.05, 4.69) is 6.92 Å². The van der Waals surface area contributed by atoms with Gasteiger partial charge >= 0.3 is 0 Å². The van der Waals surface area contributed by atoms with Gasteiger partial charge in [-0.3, -0.25) is 0 Å². The third-order valence-corrected chi connectivity index (χ3v) is 3.57. The van der Waals surface area contributed by atoms with E-state index in [1.54, 1.807) is 6.07 Å². The van der Waals surface area contributed by atoms with Crippen molar-refractivity contribution in [3.63, 3.8) is 0 Å². The highest BCUT2D eigenvalue weighted by molar-refractivity contribution is 5.44. The molecule has 1 saturated heterocycles. The quantitative estimate of drug-likeness (QED) is 0.775. The molecule has 18 heavy (non-hydrogen) atoms. The Morgan fingerprint density at radius 1 is 1.28 bits per heavy atom. The summed E-state index contributed by atoms with van der Waals surface area (Å²) in [6, 6.07) is 3.18. The maximum atomic E-state index is 13.9. The molecule has 1 fully saturated rings. The van der Waals surface area contributed by atoms with Gasteiger partial charge in [-0.25, -0.2) is 4.39 Å². The number of benzene rings is 1. The Morgan fingerprint density at radius 3 is 2.50 bits per heavy atom. The van der Waals surface area contributed by atoms with Gasteiger partial charge in [0.1, 0.15) is 19.0 Å². The highest BCUT2D eigenvalue weighted by Gasteiger charge is 2.39. The molecule has 98 valence electrons. The number of rotatable bonds is 3. The van der Waals surface area contributed by atoms with E-state index in [4.69, 9.17) is 14.2 Å². The van der Waals surface area contributed by atoms with Crippen molar-refractivity contribution in [3.05, 3.63) is 23.5 Å². The molecule has 0 saturated carbocycles. The lowest BCUT2D eigenvalue weighted by molar-refractivity contribution is 0.170. The van der Waals surface area contributed by atoms with E-state index in [0.717, 1.165) is 0 Å². The zero-order valence-electron chi connectivity index (χ0n) is 10.6. The van der Waals surface area contributed by atoms with E-state index >= 15 is 0 Å². The van der Waals surface area contributed by atoms with Crippen molar-refractivity contribution >= 4 is 0 Å². The van der Waals surface area contributed by atoms with E-state index in [9.17, 15) is 4.39 Å². The van der Waals surface area contributed by atoms with Crippen LogP contribution >= 0.6 is 0 Å². The van der Waals surface area contributed by atoms with E-state index in [1.165, 1.54) is 6.07 Å². The van der Waals surface area contributed by atoms with E-state index in [1.807, 2.05) is 6.92 Å². The second-order valence-corrected chi connectivity index (χ2v) is 5.07. The molecule has 2 heterocycles. The van der Waals surface area contributed by atoms with Crippen molar-refractivity contribution < 1.29 is 18.6 Å². The molecule has 1 aromatic carbocycles. The van der Waals surface area contributed by atoms with Crippen LogP contribution in [0.25, 0.3) is 0 Å². The van der Waals surface area contributed by atoms with Crippen molar-refractivity contribution in [2.45, 2.75) is 32.5 Å². The predicted molar refractivity (Wildman–Crippen MR) is 64.6 cm³/mol. The Labute approximate surface area is 106 Å². The van der Waals surface area contributed by atoms with Crippen LogP contribution in [0.4, 0.5) is 4.39 Å². The maximum absolute atomic E-state index is 13.9. The molecule has 3 unspecified atom stereocenters. The summed E-state index contributed by atoms with van der Waals surface area (Å²) in [5, 5.41) is 0. The molecule has 0 radical (unpaired) electrons. The first kappa shape index (κ1) is 11.8. The predicted octanol–water partition coefficient (Wildman–Crippen LogP) is 2.56. The van der Waals surface area contributed by atoms with Gasteiger partial charge in [0.2, 0.25) is 0 Å². The summed E-state index contributed by atoms with van der Waals surface area (Å²) >= 11 is 0. The van der Waals surface area contributed by atoms with Gasteiger partial charge in [-0.15, -0.1) is 0 Å². The zero-order chi connectivity index (χ0) is 12.7. The van der Waals surface area contributed by atoms with E-state index < -0.39 is 0 Å². The molecule has 4 heteroatoms. The summed E-state index contributed by atoms with van der Waals surface area (Å²) < 4.78 is 30.2. The largest absolute Gasteiger partial charge is 0.486 e. The van der Waals surface area contributed by atoms with Crippen molar-refractivity contribution in [2.75, 3.05) is 13.2 Å².